The van der Waals surface area contributed by atoms with Crippen LogP contribution in [0.2, 0.25) is 0 Å². The van der Waals surface area contributed by atoms with Gasteiger partial charge in [-0.15, -0.1) is 0 Å². The second kappa shape index (κ2) is 7.25. The normalized spacial score (nSPS) is 20.2. The molecule has 0 atom stereocenters. The van der Waals surface area contributed by atoms with Gasteiger partial charge in [0.25, 0.3) is 5.91 Å². The number of aliphatic hydroxyl groups excluding tert-OH is 1. The Morgan fingerprint density at radius 2 is 1.92 bits per heavy atom. The lowest BCUT2D eigenvalue weighted by atomic mass is 9.93. The second-order valence-corrected chi connectivity index (χ2v) is 6.90. The molecule has 0 radical (unpaired) electrons. The quantitative estimate of drug-likeness (QED) is 0.758. The predicted molar refractivity (Wildman–Crippen MR) is 98.8 cm³/mol. The van der Waals surface area contributed by atoms with Crippen molar-refractivity contribution in [3.05, 3.63) is 59.9 Å². The molecule has 2 aromatic heterocycles. The minimum atomic E-state index is -0.225. The van der Waals surface area contributed by atoms with Crippen LogP contribution in [-0.2, 0) is 6.54 Å². The average molecular weight is 350 g/mol. The third-order valence-corrected chi connectivity index (χ3v) is 4.95. The highest BCUT2D eigenvalue weighted by molar-refractivity contribution is 5.97. The molecule has 6 heteroatoms. The van der Waals surface area contributed by atoms with Crippen molar-refractivity contribution in [2.75, 3.05) is 0 Å². The van der Waals surface area contributed by atoms with Crippen LogP contribution in [0.25, 0.3) is 11.0 Å². The molecule has 6 nitrogen and oxygen atoms in total. The first-order valence-electron chi connectivity index (χ1n) is 9.03. The van der Waals surface area contributed by atoms with Crippen molar-refractivity contribution in [2.45, 2.75) is 44.4 Å². The Kier molecular flexibility index (Phi) is 4.67. The van der Waals surface area contributed by atoms with E-state index < -0.39 is 0 Å². The Morgan fingerprint density at radius 3 is 2.69 bits per heavy atom. The number of nitrogens with zero attached hydrogens (tertiary/aromatic N) is 3. The van der Waals surface area contributed by atoms with E-state index in [0.717, 1.165) is 42.3 Å². The van der Waals surface area contributed by atoms with Gasteiger partial charge >= 0.3 is 0 Å². The van der Waals surface area contributed by atoms with Crippen LogP contribution in [0.5, 0.6) is 0 Å². The first-order valence-corrected chi connectivity index (χ1v) is 9.03. The van der Waals surface area contributed by atoms with Gasteiger partial charge in [0.05, 0.1) is 24.4 Å². The molecular weight excluding hydrogens is 328 g/mol. The molecule has 1 saturated carbocycles. The third kappa shape index (κ3) is 3.60. The Labute approximate surface area is 151 Å². The Morgan fingerprint density at radius 1 is 1.15 bits per heavy atom. The van der Waals surface area contributed by atoms with Gasteiger partial charge in [-0.05, 0) is 37.3 Å². The van der Waals surface area contributed by atoms with E-state index in [9.17, 15) is 9.90 Å². The summed E-state index contributed by atoms with van der Waals surface area (Å²) in [5.74, 6) is -0.114. The molecule has 1 aliphatic rings. The van der Waals surface area contributed by atoms with Crippen molar-refractivity contribution >= 4 is 16.9 Å². The highest BCUT2D eigenvalue weighted by Gasteiger charge is 2.21. The van der Waals surface area contributed by atoms with Gasteiger partial charge < -0.3 is 10.4 Å². The van der Waals surface area contributed by atoms with Crippen molar-refractivity contribution < 1.29 is 9.90 Å². The number of fused-ring (bicyclic) bond motifs is 1. The van der Waals surface area contributed by atoms with Crippen LogP contribution in [0.1, 0.15) is 41.6 Å². The molecular formula is C20H22N4O2. The Bertz CT molecular complexity index is 899. The van der Waals surface area contributed by atoms with E-state index in [0.29, 0.717) is 12.1 Å². The molecule has 4 rings (SSSR count). The summed E-state index contributed by atoms with van der Waals surface area (Å²) in [6.45, 7) is 0.646. The number of benzene rings is 1. The van der Waals surface area contributed by atoms with E-state index in [1.54, 1.807) is 12.4 Å². The van der Waals surface area contributed by atoms with Crippen LogP contribution in [0, 0.1) is 0 Å². The summed E-state index contributed by atoms with van der Waals surface area (Å²) in [6.07, 6.45) is 6.26. The van der Waals surface area contributed by atoms with Gasteiger partial charge in [-0.2, -0.15) is 5.10 Å². The molecule has 0 aliphatic heterocycles. The number of aliphatic hydroxyl groups is 1. The maximum atomic E-state index is 12.5. The maximum absolute atomic E-state index is 12.5. The summed E-state index contributed by atoms with van der Waals surface area (Å²) in [5, 5.41) is 17.9. The predicted octanol–water partition coefficient (Wildman–Crippen LogP) is 2.51. The molecule has 26 heavy (non-hydrogen) atoms. The zero-order valence-corrected chi connectivity index (χ0v) is 14.5. The summed E-state index contributed by atoms with van der Waals surface area (Å²) >= 11 is 0. The number of nitrogens with one attached hydrogen (secondary N) is 1. The topological polar surface area (TPSA) is 80.0 Å². The van der Waals surface area contributed by atoms with E-state index in [4.69, 9.17) is 0 Å². The van der Waals surface area contributed by atoms with Crippen LogP contribution < -0.4 is 5.32 Å². The third-order valence-electron chi connectivity index (χ3n) is 4.95. The average Bonchev–Trinajstić information content (AvgIpc) is 3.06. The van der Waals surface area contributed by atoms with Crippen molar-refractivity contribution in [1.82, 2.24) is 20.1 Å². The highest BCUT2D eigenvalue weighted by Crippen LogP contribution is 2.19. The lowest BCUT2D eigenvalue weighted by Crippen LogP contribution is -2.38. The van der Waals surface area contributed by atoms with Crippen molar-refractivity contribution in [3.8, 4) is 0 Å². The zero-order chi connectivity index (χ0) is 17.9. The largest absolute Gasteiger partial charge is 0.393 e. The van der Waals surface area contributed by atoms with Gasteiger partial charge in [-0.25, -0.2) is 9.67 Å². The molecule has 0 spiro atoms. The van der Waals surface area contributed by atoms with Crippen LogP contribution in [0.15, 0.2) is 48.8 Å². The molecule has 3 aromatic rings. The number of hydrogen-bond acceptors (Lipinski definition) is 4. The summed E-state index contributed by atoms with van der Waals surface area (Å²) < 4.78 is 1.84. The molecule has 2 N–H and O–H groups in total. The number of pyridine rings is 1. The molecule has 0 unspecified atom stereocenters. The highest BCUT2D eigenvalue weighted by atomic mass is 16.3. The lowest BCUT2D eigenvalue weighted by molar-refractivity contribution is 0.0867. The summed E-state index contributed by atoms with van der Waals surface area (Å²) in [5.41, 5.74) is 2.47. The van der Waals surface area contributed by atoms with E-state index in [-0.39, 0.29) is 18.1 Å². The molecule has 0 bridgehead atoms. The molecule has 134 valence electrons. The number of rotatable bonds is 4. The Hall–Kier alpha value is -2.73. The van der Waals surface area contributed by atoms with Gasteiger partial charge in [-0.1, -0.05) is 30.3 Å². The summed E-state index contributed by atoms with van der Waals surface area (Å²) in [6, 6.07) is 12.1. The minimum absolute atomic E-state index is 0.114. The molecule has 1 fully saturated rings. The summed E-state index contributed by atoms with van der Waals surface area (Å²) in [4.78, 5) is 17.0. The molecule has 2 heterocycles. The fraction of sp³-hybridized carbons (Fsp3) is 0.350. The molecule has 0 saturated heterocycles. The fourth-order valence-electron chi connectivity index (χ4n) is 3.46. The zero-order valence-electron chi connectivity index (χ0n) is 14.5. The van der Waals surface area contributed by atoms with Crippen molar-refractivity contribution in [1.29, 1.82) is 0 Å². The molecule has 1 aliphatic carbocycles. The van der Waals surface area contributed by atoms with Gasteiger partial charge in [-0.3, -0.25) is 4.79 Å². The summed E-state index contributed by atoms with van der Waals surface area (Å²) in [7, 11) is 0. The minimum Gasteiger partial charge on any atom is -0.393 e. The van der Waals surface area contributed by atoms with E-state index >= 15 is 0 Å². The van der Waals surface area contributed by atoms with E-state index in [2.05, 4.69) is 27.5 Å². The first-order chi connectivity index (χ1) is 12.7. The van der Waals surface area contributed by atoms with Gasteiger partial charge in [0.15, 0.2) is 5.65 Å². The van der Waals surface area contributed by atoms with Gasteiger partial charge in [0.1, 0.15) is 0 Å². The SMILES string of the molecule is O=C(NC1CCC(O)CC1)c1cnc2c(cnn2Cc2ccccc2)c1. The number of carbonyl (C=O) groups excluding carboxylic acids is 1. The Balaban J connectivity index is 1.48. The van der Waals surface area contributed by atoms with Crippen LogP contribution in [-0.4, -0.2) is 37.9 Å². The van der Waals surface area contributed by atoms with Crippen LogP contribution >= 0.6 is 0 Å². The lowest BCUT2D eigenvalue weighted by Gasteiger charge is -2.26. The fourth-order valence-corrected chi connectivity index (χ4v) is 3.46. The smallest absolute Gasteiger partial charge is 0.253 e. The number of hydrogen-bond donors (Lipinski definition) is 2. The van der Waals surface area contributed by atoms with Gasteiger partial charge in [0, 0.05) is 17.6 Å². The second-order valence-electron chi connectivity index (χ2n) is 6.90. The first kappa shape index (κ1) is 16.7. The van der Waals surface area contributed by atoms with E-state index in [1.165, 1.54) is 0 Å². The monoisotopic (exact) mass is 350 g/mol. The van der Waals surface area contributed by atoms with Crippen molar-refractivity contribution in [2.24, 2.45) is 0 Å². The standard InChI is InChI=1S/C20H22N4O2/c25-18-8-6-17(7-9-18)23-20(26)16-10-15-12-22-24(19(15)21-11-16)13-14-4-2-1-3-5-14/h1-5,10-12,17-18,25H,6-9,13H2,(H,23,26). The number of carbonyl (C=O) groups is 1. The number of aromatic nitrogens is 3. The number of amides is 1. The molecule has 1 aromatic carbocycles. The van der Waals surface area contributed by atoms with Crippen LogP contribution in [0.3, 0.4) is 0 Å². The van der Waals surface area contributed by atoms with Crippen LogP contribution in [0.4, 0.5) is 0 Å². The molecule has 1 amide bonds. The van der Waals surface area contributed by atoms with E-state index in [1.807, 2.05) is 28.9 Å². The maximum Gasteiger partial charge on any atom is 0.253 e. The van der Waals surface area contributed by atoms with Gasteiger partial charge in [0.2, 0.25) is 0 Å². The van der Waals surface area contributed by atoms with Crippen molar-refractivity contribution in [3.63, 3.8) is 0 Å².